The fraction of sp³-hybridized carbons (Fsp3) is 0.947. The van der Waals surface area contributed by atoms with Gasteiger partial charge < -0.3 is 24.8 Å². The van der Waals surface area contributed by atoms with E-state index in [1.165, 1.54) is 38.5 Å². The Labute approximate surface area is 153 Å². The summed E-state index contributed by atoms with van der Waals surface area (Å²) in [6, 6.07) is 0. The van der Waals surface area contributed by atoms with Crippen molar-refractivity contribution in [2.45, 2.75) is 70.0 Å². The highest BCUT2D eigenvalue weighted by Gasteiger charge is 2.15. The molecule has 1 heterocycles. The molecule has 1 aliphatic carbocycles. The lowest BCUT2D eigenvalue weighted by molar-refractivity contribution is 0.0168. The summed E-state index contributed by atoms with van der Waals surface area (Å²) in [7, 11) is 1.81. The first-order valence-corrected chi connectivity index (χ1v) is 10.1. The van der Waals surface area contributed by atoms with Crippen molar-refractivity contribution in [2.24, 2.45) is 4.99 Å². The first-order chi connectivity index (χ1) is 12.4. The van der Waals surface area contributed by atoms with Crippen molar-refractivity contribution in [1.29, 1.82) is 0 Å². The van der Waals surface area contributed by atoms with Gasteiger partial charge in [0.25, 0.3) is 0 Å². The monoisotopic (exact) mass is 355 g/mol. The van der Waals surface area contributed by atoms with Gasteiger partial charge in [-0.2, -0.15) is 0 Å². The summed E-state index contributed by atoms with van der Waals surface area (Å²) >= 11 is 0. The summed E-state index contributed by atoms with van der Waals surface area (Å²) in [6.07, 6.45) is 11.6. The minimum atomic E-state index is 0.318. The minimum absolute atomic E-state index is 0.318. The van der Waals surface area contributed by atoms with Gasteiger partial charge in [-0.3, -0.25) is 4.99 Å². The van der Waals surface area contributed by atoms with E-state index in [1.807, 2.05) is 7.05 Å². The first-order valence-electron chi connectivity index (χ1n) is 10.1. The van der Waals surface area contributed by atoms with Crippen molar-refractivity contribution in [3.8, 4) is 0 Å². The highest BCUT2D eigenvalue weighted by molar-refractivity contribution is 5.79. The largest absolute Gasteiger partial charge is 0.379 e. The van der Waals surface area contributed by atoms with Crippen LogP contribution in [0.1, 0.15) is 57.8 Å². The van der Waals surface area contributed by atoms with Crippen molar-refractivity contribution in [1.82, 2.24) is 10.6 Å². The molecule has 1 unspecified atom stereocenters. The van der Waals surface area contributed by atoms with Crippen LogP contribution in [0.5, 0.6) is 0 Å². The summed E-state index contributed by atoms with van der Waals surface area (Å²) in [5, 5.41) is 6.67. The molecule has 2 N–H and O–H groups in total. The summed E-state index contributed by atoms with van der Waals surface area (Å²) in [6.45, 7) is 4.98. The van der Waals surface area contributed by atoms with Crippen molar-refractivity contribution >= 4 is 5.96 Å². The molecule has 0 aromatic heterocycles. The highest BCUT2D eigenvalue weighted by Crippen LogP contribution is 2.20. The number of hydrogen-bond donors (Lipinski definition) is 2. The summed E-state index contributed by atoms with van der Waals surface area (Å²) in [5.74, 6) is 0.858. The van der Waals surface area contributed by atoms with Gasteiger partial charge in [-0.15, -0.1) is 0 Å². The van der Waals surface area contributed by atoms with E-state index >= 15 is 0 Å². The Bertz CT molecular complexity index is 354. The number of hydrogen-bond acceptors (Lipinski definition) is 4. The lowest BCUT2D eigenvalue weighted by Gasteiger charge is -2.22. The fourth-order valence-corrected chi connectivity index (χ4v) is 3.35. The number of nitrogens with zero attached hydrogens (tertiary/aromatic N) is 1. The Hall–Kier alpha value is -0.850. The zero-order valence-electron chi connectivity index (χ0n) is 15.9. The predicted octanol–water partition coefficient (Wildman–Crippen LogP) is 2.48. The molecular weight excluding hydrogens is 318 g/mol. The van der Waals surface area contributed by atoms with E-state index in [9.17, 15) is 0 Å². The van der Waals surface area contributed by atoms with E-state index in [0.717, 1.165) is 64.7 Å². The third kappa shape index (κ3) is 9.42. The van der Waals surface area contributed by atoms with Gasteiger partial charge in [0.2, 0.25) is 0 Å². The topological polar surface area (TPSA) is 64.1 Å². The Balaban J connectivity index is 1.38. The van der Waals surface area contributed by atoms with Crippen LogP contribution in [-0.4, -0.2) is 64.7 Å². The van der Waals surface area contributed by atoms with Crippen LogP contribution in [0, 0.1) is 0 Å². The van der Waals surface area contributed by atoms with Crippen LogP contribution in [0.3, 0.4) is 0 Å². The zero-order valence-corrected chi connectivity index (χ0v) is 15.9. The lowest BCUT2D eigenvalue weighted by Crippen LogP contribution is -2.38. The second-order valence-electron chi connectivity index (χ2n) is 6.97. The van der Waals surface area contributed by atoms with Crippen LogP contribution < -0.4 is 10.6 Å². The molecule has 6 nitrogen and oxygen atoms in total. The molecule has 1 aliphatic heterocycles. The van der Waals surface area contributed by atoms with E-state index in [1.54, 1.807) is 0 Å². The number of rotatable bonds is 11. The Morgan fingerprint density at radius 1 is 1.00 bits per heavy atom. The zero-order chi connectivity index (χ0) is 17.6. The third-order valence-corrected chi connectivity index (χ3v) is 4.83. The van der Waals surface area contributed by atoms with Gasteiger partial charge in [0.1, 0.15) is 0 Å². The molecule has 0 bridgehead atoms. The van der Waals surface area contributed by atoms with Crippen molar-refractivity contribution in [3.05, 3.63) is 0 Å². The second kappa shape index (κ2) is 13.4. The van der Waals surface area contributed by atoms with Crippen LogP contribution in [0.15, 0.2) is 4.99 Å². The normalized spacial score (nSPS) is 22.3. The standard InChI is InChI=1S/C19H37N3O3/c1-20-19(21-11-6-13-23-16-18-10-5-14-25-18)22-12-7-15-24-17-8-3-2-4-9-17/h17-18H,2-16H2,1H3,(H2,20,21,22). The van der Waals surface area contributed by atoms with Gasteiger partial charge >= 0.3 is 0 Å². The van der Waals surface area contributed by atoms with Gasteiger partial charge in [0.05, 0.1) is 18.8 Å². The fourth-order valence-electron chi connectivity index (χ4n) is 3.35. The van der Waals surface area contributed by atoms with Crippen molar-refractivity contribution in [3.63, 3.8) is 0 Å². The summed E-state index contributed by atoms with van der Waals surface area (Å²) in [4.78, 5) is 4.25. The average Bonchev–Trinajstić information content (AvgIpc) is 3.17. The van der Waals surface area contributed by atoms with E-state index < -0.39 is 0 Å². The first kappa shape index (κ1) is 20.5. The molecule has 0 spiro atoms. The predicted molar refractivity (Wildman–Crippen MR) is 101 cm³/mol. The maximum absolute atomic E-state index is 5.94. The Morgan fingerprint density at radius 3 is 2.44 bits per heavy atom. The lowest BCUT2D eigenvalue weighted by atomic mass is 9.98. The number of guanidine groups is 1. The number of ether oxygens (including phenoxy) is 3. The van der Waals surface area contributed by atoms with E-state index in [0.29, 0.717) is 12.2 Å². The molecule has 0 radical (unpaired) electrons. The molecule has 146 valence electrons. The number of nitrogens with one attached hydrogen (secondary N) is 2. The highest BCUT2D eigenvalue weighted by atomic mass is 16.5. The van der Waals surface area contributed by atoms with E-state index in [-0.39, 0.29) is 0 Å². The molecular formula is C19H37N3O3. The van der Waals surface area contributed by atoms with Crippen LogP contribution in [-0.2, 0) is 14.2 Å². The van der Waals surface area contributed by atoms with Gasteiger partial charge in [-0.05, 0) is 38.5 Å². The molecule has 25 heavy (non-hydrogen) atoms. The van der Waals surface area contributed by atoms with Crippen molar-refractivity contribution in [2.75, 3.05) is 46.6 Å². The third-order valence-electron chi connectivity index (χ3n) is 4.83. The molecule has 1 saturated carbocycles. The Kier molecular flexibility index (Phi) is 10.9. The molecule has 0 aromatic carbocycles. The van der Waals surface area contributed by atoms with E-state index in [2.05, 4.69) is 15.6 Å². The van der Waals surface area contributed by atoms with Crippen LogP contribution in [0.4, 0.5) is 0 Å². The van der Waals surface area contributed by atoms with Gasteiger partial charge in [0, 0.05) is 40.0 Å². The van der Waals surface area contributed by atoms with E-state index in [4.69, 9.17) is 14.2 Å². The van der Waals surface area contributed by atoms with Gasteiger partial charge in [-0.25, -0.2) is 0 Å². The molecule has 2 rings (SSSR count). The maximum Gasteiger partial charge on any atom is 0.190 e. The van der Waals surface area contributed by atoms with Crippen molar-refractivity contribution < 1.29 is 14.2 Å². The second-order valence-corrected chi connectivity index (χ2v) is 6.97. The molecule has 0 amide bonds. The SMILES string of the molecule is CN=C(NCCCOCC1CCCO1)NCCCOC1CCCCC1. The van der Waals surface area contributed by atoms with Crippen LogP contribution in [0.2, 0.25) is 0 Å². The van der Waals surface area contributed by atoms with Crippen LogP contribution in [0.25, 0.3) is 0 Å². The smallest absolute Gasteiger partial charge is 0.190 e. The van der Waals surface area contributed by atoms with Gasteiger partial charge in [0.15, 0.2) is 5.96 Å². The minimum Gasteiger partial charge on any atom is -0.379 e. The average molecular weight is 356 g/mol. The number of aliphatic imine (C=N–C) groups is 1. The molecule has 0 aromatic rings. The molecule has 1 saturated heterocycles. The Morgan fingerprint density at radius 2 is 1.76 bits per heavy atom. The summed E-state index contributed by atoms with van der Waals surface area (Å²) < 4.78 is 17.1. The quantitative estimate of drug-likeness (QED) is 0.339. The molecule has 1 atom stereocenters. The molecule has 2 aliphatic rings. The summed E-state index contributed by atoms with van der Waals surface area (Å²) in [5.41, 5.74) is 0. The maximum atomic E-state index is 5.94. The van der Waals surface area contributed by atoms with Crippen LogP contribution >= 0.6 is 0 Å². The molecule has 6 heteroatoms. The van der Waals surface area contributed by atoms with Gasteiger partial charge in [-0.1, -0.05) is 19.3 Å². The molecule has 2 fully saturated rings.